The number of rotatable bonds is 4. The number of amides is 1. The molecule has 3 aromatic rings. The molecule has 0 radical (unpaired) electrons. The molecule has 0 spiro atoms. The van der Waals surface area contributed by atoms with Crippen LogP contribution in [0.4, 0.5) is 4.39 Å². The first-order valence-electron chi connectivity index (χ1n) is 9.09. The highest BCUT2D eigenvalue weighted by Crippen LogP contribution is 2.19. The number of aromatic nitrogens is 2. The van der Waals surface area contributed by atoms with Crippen LogP contribution in [0.3, 0.4) is 0 Å². The fraction of sp³-hybridized carbons (Fsp3) is 0.200. The molecule has 29 heavy (non-hydrogen) atoms. The van der Waals surface area contributed by atoms with E-state index in [1.165, 1.54) is 29.0 Å². The number of hydrogen-bond donors (Lipinski definition) is 0. The molecule has 0 atom stereocenters. The summed E-state index contributed by atoms with van der Waals surface area (Å²) in [5, 5.41) is 0. The predicted molar refractivity (Wildman–Crippen MR) is 105 cm³/mol. The Morgan fingerprint density at radius 1 is 0.931 bits per heavy atom. The van der Waals surface area contributed by atoms with Crippen molar-refractivity contribution in [3.05, 3.63) is 78.6 Å². The Morgan fingerprint density at radius 3 is 2.24 bits per heavy atom. The minimum Gasteiger partial charge on any atom is -0.335 e. The van der Waals surface area contributed by atoms with E-state index in [-0.39, 0.29) is 42.8 Å². The second-order valence-corrected chi connectivity index (χ2v) is 8.57. The Balaban J connectivity index is 1.48. The Labute approximate surface area is 168 Å². The van der Waals surface area contributed by atoms with Gasteiger partial charge in [0.05, 0.1) is 17.4 Å². The standard InChI is InChI=1S/C20H19FN4O3S/c21-16-6-8-17(9-7-16)25-15-22-14-19(25)20(26)23-10-12-24(13-11-23)29(27,28)18-4-2-1-3-5-18/h1-9,14-15H,10-13H2. The van der Waals surface area contributed by atoms with Gasteiger partial charge in [0.2, 0.25) is 10.0 Å². The summed E-state index contributed by atoms with van der Waals surface area (Å²) in [7, 11) is -3.58. The summed E-state index contributed by atoms with van der Waals surface area (Å²) in [6.07, 6.45) is 2.95. The summed E-state index contributed by atoms with van der Waals surface area (Å²) in [6, 6.07) is 14.0. The van der Waals surface area contributed by atoms with Crippen molar-refractivity contribution in [2.45, 2.75) is 4.90 Å². The van der Waals surface area contributed by atoms with Crippen LogP contribution in [0.5, 0.6) is 0 Å². The number of carbonyl (C=O) groups excluding carboxylic acids is 1. The molecule has 9 heteroatoms. The number of imidazole rings is 1. The summed E-state index contributed by atoms with van der Waals surface area (Å²) >= 11 is 0. The molecule has 1 saturated heterocycles. The minimum atomic E-state index is -3.58. The van der Waals surface area contributed by atoms with Crippen molar-refractivity contribution < 1.29 is 17.6 Å². The average Bonchev–Trinajstić information content (AvgIpc) is 3.24. The van der Waals surface area contributed by atoms with E-state index < -0.39 is 10.0 Å². The van der Waals surface area contributed by atoms with E-state index in [0.29, 0.717) is 11.4 Å². The summed E-state index contributed by atoms with van der Waals surface area (Å²) in [4.78, 5) is 18.9. The maximum Gasteiger partial charge on any atom is 0.272 e. The number of sulfonamides is 1. The molecule has 0 bridgehead atoms. The third-order valence-electron chi connectivity index (χ3n) is 4.87. The molecule has 2 heterocycles. The molecule has 1 aliphatic heterocycles. The van der Waals surface area contributed by atoms with Gasteiger partial charge < -0.3 is 4.90 Å². The largest absolute Gasteiger partial charge is 0.335 e. The third kappa shape index (κ3) is 3.79. The van der Waals surface area contributed by atoms with Crippen molar-refractivity contribution in [3.63, 3.8) is 0 Å². The molecule has 7 nitrogen and oxygen atoms in total. The molecule has 1 amide bonds. The van der Waals surface area contributed by atoms with Crippen LogP contribution in [0.25, 0.3) is 5.69 Å². The van der Waals surface area contributed by atoms with E-state index in [2.05, 4.69) is 4.98 Å². The van der Waals surface area contributed by atoms with Gasteiger partial charge in [0.1, 0.15) is 11.5 Å². The van der Waals surface area contributed by atoms with Gasteiger partial charge in [-0.25, -0.2) is 17.8 Å². The summed E-state index contributed by atoms with van der Waals surface area (Å²) in [5.41, 5.74) is 0.966. The van der Waals surface area contributed by atoms with E-state index in [1.54, 1.807) is 51.9 Å². The van der Waals surface area contributed by atoms with Crippen LogP contribution in [-0.2, 0) is 10.0 Å². The van der Waals surface area contributed by atoms with Crippen LogP contribution in [0.2, 0.25) is 0 Å². The lowest BCUT2D eigenvalue weighted by atomic mass is 10.2. The lowest BCUT2D eigenvalue weighted by molar-refractivity contribution is 0.0690. The van der Waals surface area contributed by atoms with Gasteiger partial charge in [-0.15, -0.1) is 0 Å². The van der Waals surface area contributed by atoms with Crippen molar-refractivity contribution in [2.24, 2.45) is 0 Å². The second-order valence-electron chi connectivity index (χ2n) is 6.63. The number of halogens is 1. The van der Waals surface area contributed by atoms with Crippen molar-refractivity contribution in [3.8, 4) is 5.69 Å². The zero-order valence-electron chi connectivity index (χ0n) is 15.5. The molecular weight excluding hydrogens is 395 g/mol. The molecule has 0 aliphatic carbocycles. The number of carbonyl (C=O) groups is 1. The lowest BCUT2D eigenvalue weighted by Gasteiger charge is -2.34. The molecule has 0 unspecified atom stereocenters. The Kier molecular flexibility index (Phi) is 5.16. The predicted octanol–water partition coefficient (Wildman–Crippen LogP) is 2.16. The second kappa shape index (κ2) is 7.76. The first-order valence-corrected chi connectivity index (χ1v) is 10.5. The summed E-state index contributed by atoms with van der Waals surface area (Å²) in [6.45, 7) is 0.986. The van der Waals surface area contributed by atoms with Crippen molar-refractivity contribution in [1.82, 2.24) is 18.8 Å². The van der Waals surface area contributed by atoms with Gasteiger partial charge in [0, 0.05) is 31.9 Å². The zero-order valence-corrected chi connectivity index (χ0v) is 16.3. The first-order chi connectivity index (χ1) is 14.0. The summed E-state index contributed by atoms with van der Waals surface area (Å²) < 4.78 is 41.6. The molecule has 0 saturated carbocycles. The number of nitrogens with zero attached hydrogens (tertiary/aromatic N) is 4. The van der Waals surface area contributed by atoms with E-state index in [9.17, 15) is 17.6 Å². The molecule has 150 valence electrons. The molecular formula is C20H19FN4O3S. The number of piperazine rings is 1. The molecule has 4 rings (SSSR count). The smallest absolute Gasteiger partial charge is 0.272 e. The van der Waals surface area contributed by atoms with E-state index in [4.69, 9.17) is 0 Å². The van der Waals surface area contributed by atoms with Crippen LogP contribution in [0.15, 0.2) is 72.0 Å². The van der Waals surface area contributed by atoms with Gasteiger partial charge in [-0.1, -0.05) is 18.2 Å². The first kappa shape index (κ1) is 19.3. The van der Waals surface area contributed by atoms with E-state index in [0.717, 1.165) is 0 Å². The van der Waals surface area contributed by atoms with Crippen molar-refractivity contribution in [2.75, 3.05) is 26.2 Å². The fourth-order valence-corrected chi connectivity index (χ4v) is 4.74. The highest BCUT2D eigenvalue weighted by atomic mass is 32.2. The number of hydrogen-bond acceptors (Lipinski definition) is 4. The Morgan fingerprint density at radius 2 is 1.59 bits per heavy atom. The van der Waals surface area contributed by atoms with E-state index in [1.807, 2.05) is 0 Å². The van der Waals surface area contributed by atoms with Crippen LogP contribution in [-0.4, -0.2) is 59.3 Å². The Bertz CT molecular complexity index is 1110. The normalized spacial score (nSPS) is 15.4. The van der Waals surface area contributed by atoms with Crippen LogP contribution in [0, 0.1) is 5.82 Å². The van der Waals surface area contributed by atoms with Crippen molar-refractivity contribution in [1.29, 1.82) is 0 Å². The van der Waals surface area contributed by atoms with Gasteiger partial charge in [-0.3, -0.25) is 9.36 Å². The molecule has 1 fully saturated rings. The quantitative estimate of drug-likeness (QED) is 0.656. The topological polar surface area (TPSA) is 75.5 Å². The minimum absolute atomic E-state index is 0.216. The van der Waals surface area contributed by atoms with Gasteiger partial charge >= 0.3 is 0 Å². The van der Waals surface area contributed by atoms with Crippen LogP contribution in [0.1, 0.15) is 10.5 Å². The van der Waals surface area contributed by atoms with E-state index >= 15 is 0 Å². The molecule has 1 aliphatic rings. The van der Waals surface area contributed by atoms with Crippen LogP contribution >= 0.6 is 0 Å². The summed E-state index contributed by atoms with van der Waals surface area (Å²) in [5.74, 6) is -0.610. The van der Waals surface area contributed by atoms with Gasteiger partial charge in [-0.2, -0.15) is 4.31 Å². The average molecular weight is 414 g/mol. The van der Waals surface area contributed by atoms with Crippen LogP contribution < -0.4 is 0 Å². The maximum atomic E-state index is 13.2. The van der Waals surface area contributed by atoms with Gasteiger partial charge in [0.15, 0.2) is 0 Å². The monoisotopic (exact) mass is 414 g/mol. The molecule has 2 aromatic carbocycles. The fourth-order valence-electron chi connectivity index (χ4n) is 3.30. The number of benzene rings is 2. The van der Waals surface area contributed by atoms with Gasteiger partial charge in [-0.05, 0) is 36.4 Å². The third-order valence-corrected chi connectivity index (χ3v) is 6.78. The highest BCUT2D eigenvalue weighted by molar-refractivity contribution is 7.89. The zero-order chi connectivity index (χ0) is 20.4. The van der Waals surface area contributed by atoms with Crippen molar-refractivity contribution >= 4 is 15.9 Å². The molecule has 0 N–H and O–H groups in total. The van der Waals surface area contributed by atoms with Gasteiger partial charge in [0.25, 0.3) is 5.91 Å². The lowest BCUT2D eigenvalue weighted by Crippen LogP contribution is -2.50. The maximum absolute atomic E-state index is 13.2. The molecule has 1 aromatic heterocycles. The highest BCUT2D eigenvalue weighted by Gasteiger charge is 2.31. The SMILES string of the molecule is O=C(c1cncn1-c1ccc(F)cc1)N1CCN(S(=O)(=O)c2ccccc2)CC1. The Hall–Kier alpha value is -3.04.